The summed E-state index contributed by atoms with van der Waals surface area (Å²) >= 11 is 0. The fourth-order valence-corrected chi connectivity index (χ4v) is 2.52. The van der Waals surface area contributed by atoms with Gasteiger partial charge in [0.15, 0.2) is 0 Å². The predicted molar refractivity (Wildman–Crippen MR) is 77.9 cm³/mol. The van der Waals surface area contributed by atoms with E-state index in [1.807, 2.05) is 4.68 Å². The first-order valence-corrected chi connectivity index (χ1v) is 7.31. The van der Waals surface area contributed by atoms with Crippen LogP contribution in [0, 0.1) is 5.92 Å². The van der Waals surface area contributed by atoms with Crippen LogP contribution in [0.1, 0.15) is 30.9 Å². The van der Waals surface area contributed by atoms with Crippen molar-refractivity contribution in [1.82, 2.24) is 29.9 Å². The van der Waals surface area contributed by atoms with Crippen LogP contribution in [0.4, 0.5) is 0 Å². The molecule has 112 valence electrons. The fourth-order valence-electron chi connectivity index (χ4n) is 2.52. The molecule has 0 aromatic carbocycles. The van der Waals surface area contributed by atoms with Crippen molar-refractivity contribution in [1.29, 1.82) is 0 Å². The average molecular weight is 288 g/mol. The Morgan fingerprint density at radius 1 is 1.38 bits per heavy atom. The lowest BCUT2D eigenvalue weighted by atomic mass is 10.1. The molecule has 0 spiro atoms. The first-order chi connectivity index (χ1) is 10.1. The van der Waals surface area contributed by atoms with Crippen LogP contribution < -0.4 is 10.9 Å². The quantitative estimate of drug-likeness (QED) is 0.868. The van der Waals surface area contributed by atoms with Crippen molar-refractivity contribution in [3.05, 3.63) is 39.8 Å². The van der Waals surface area contributed by atoms with Crippen LogP contribution in [0.3, 0.4) is 0 Å². The summed E-state index contributed by atoms with van der Waals surface area (Å²) in [6, 6.07) is 1.68. The number of nitrogens with zero attached hydrogens (tertiary/aromatic N) is 5. The Morgan fingerprint density at radius 3 is 3.05 bits per heavy atom. The molecule has 1 aliphatic rings. The van der Waals surface area contributed by atoms with Crippen molar-refractivity contribution >= 4 is 0 Å². The monoisotopic (exact) mass is 288 g/mol. The van der Waals surface area contributed by atoms with Crippen LogP contribution in [0.15, 0.2) is 17.2 Å². The van der Waals surface area contributed by atoms with E-state index in [2.05, 4.69) is 34.3 Å². The first-order valence-electron chi connectivity index (χ1n) is 7.31. The van der Waals surface area contributed by atoms with Gasteiger partial charge in [-0.2, -0.15) is 10.2 Å². The van der Waals surface area contributed by atoms with Crippen LogP contribution in [-0.2, 0) is 26.1 Å². The summed E-state index contributed by atoms with van der Waals surface area (Å²) in [6.45, 7) is 7.04. The third kappa shape index (κ3) is 3.02. The normalized spacial score (nSPS) is 14.4. The molecule has 0 bridgehead atoms. The molecule has 0 saturated heterocycles. The van der Waals surface area contributed by atoms with E-state index in [-0.39, 0.29) is 5.56 Å². The summed E-state index contributed by atoms with van der Waals surface area (Å²) in [4.78, 5) is 16.4. The van der Waals surface area contributed by atoms with Gasteiger partial charge >= 0.3 is 0 Å². The Kier molecular flexibility index (Phi) is 3.83. The number of fused-ring (bicyclic) bond motifs is 1. The van der Waals surface area contributed by atoms with Crippen LogP contribution in [0.2, 0.25) is 0 Å². The topological polar surface area (TPSA) is 77.6 Å². The van der Waals surface area contributed by atoms with Gasteiger partial charge in [-0.25, -0.2) is 14.3 Å². The van der Waals surface area contributed by atoms with Crippen molar-refractivity contribution in [2.45, 2.75) is 39.9 Å². The van der Waals surface area contributed by atoms with Crippen molar-refractivity contribution in [2.75, 3.05) is 6.54 Å². The zero-order valence-electron chi connectivity index (χ0n) is 12.4. The van der Waals surface area contributed by atoms with Gasteiger partial charge in [-0.1, -0.05) is 13.8 Å². The zero-order valence-corrected chi connectivity index (χ0v) is 12.4. The van der Waals surface area contributed by atoms with E-state index in [4.69, 9.17) is 0 Å². The molecule has 7 heteroatoms. The van der Waals surface area contributed by atoms with Crippen molar-refractivity contribution < 1.29 is 0 Å². The highest BCUT2D eigenvalue weighted by Gasteiger charge is 2.14. The maximum atomic E-state index is 12.2. The maximum absolute atomic E-state index is 12.2. The average Bonchev–Trinajstić information content (AvgIpc) is 2.86. The van der Waals surface area contributed by atoms with E-state index in [1.54, 1.807) is 6.07 Å². The summed E-state index contributed by atoms with van der Waals surface area (Å²) in [5.74, 6) is 1.25. The molecule has 0 atom stereocenters. The van der Waals surface area contributed by atoms with Crippen LogP contribution >= 0.6 is 0 Å². The van der Waals surface area contributed by atoms with E-state index in [0.29, 0.717) is 12.5 Å². The fraction of sp³-hybridized carbons (Fsp3) is 0.571. The van der Waals surface area contributed by atoms with E-state index >= 15 is 0 Å². The number of nitrogens with one attached hydrogen (secondary N) is 1. The molecular formula is C14H20N6O. The second-order valence-corrected chi connectivity index (χ2v) is 5.79. The van der Waals surface area contributed by atoms with E-state index < -0.39 is 0 Å². The van der Waals surface area contributed by atoms with Crippen LogP contribution in [0.5, 0.6) is 0 Å². The van der Waals surface area contributed by atoms with Crippen molar-refractivity contribution in [3.8, 4) is 0 Å². The van der Waals surface area contributed by atoms with Gasteiger partial charge in [0, 0.05) is 32.1 Å². The smallest absolute Gasteiger partial charge is 0.267 e. The van der Waals surface area contributed by atoms with Gasteiger partial charge in [0.05, 0.1) is 5.69 Å². The van der Waals surface area contributed by atoms with Gasteiger partial charge in [0.25, 0.3) is 5.56 Å². The second kappa shape index (κ2) is 5.77. The van der Waals surface area contributed by atoms with Crippen LogP contribution in [0.25, 0.3) is 0 Å². The lowest BCUT2D eigenvalue weighted by molar-refractivity contribution is 0.450. The lowest BCUT2D eigenvalue weighted by Gasteiger charge is -2.17. The maximum Gasteiger partial charge on any atom is 0.267 e. The van der Waals surface area contributed by atoms with Gasteiger partial charge in [-0.05, 0) is 11.5 Å². The Balaban J connectivity index is 1.88. The SMILES string of the molecule is CC(C)Cn1ncnc1Cn1nc2c(cc1=O)CNCC2. The molecule has 0 aliphatic carbocycles. The van der Waals surface area contributed by atoms with Gasteiger partial charge in [0.2, 0.25) is 0 Å². The van der Waals surface area contributed by atoms with E-state index in [0.717, 1.165) is 43.1 Å². The minimum absolute atomic E-state index is 0.0865. The van der Waals surface area contributed by atoms with Crippen molar-refractivity contribution in [3.63, 3.8) is 0 Å². The molecule has 1 N–H and O–H groups in total. The summed E-state index contributed by atoms with van der Waals surface area (Å²) in [6.07, 6.45) is 2.39. The Hall–Kier alpha value is -2.02. The number of rotatable bonds is 4. The third-order valence-corrected chi connectivity index (χ3v) is 3.54. The minimum atomic E-state index is -0.0865. The highest BCUT2D eigenvalue weighted by molar-refractivity contribution is 5.20. The molecule has 0 saturated carbocycles. The molecule has 2 aromatic rings. The van der Waals surface area contributed by atoms with Crippen molar-refractivity contribution in [2.24, 2.45) is 5.92 Å². The molecule has 2 aromatic heterocycles. The number of aromatic nitrogens is 5. The molecule has 0 unspecified atom stereocenters. The molecule has 3 heterocycles. The molecule has 3 rings (SSSR count). The summed E-state index contributed by atoms with van der Waals surface area (Å²) in [5.41, 5.74) is 1.92. The van der Waals surface area contributed by atoms with Crippen LogP contribution in [-0.4, -0.2) is 31.1 Å². The molecule has 1 aliphatic heterocycles. The Bertz CT molecular complexity index is 687. The summed E-state index contributed by atoms with van der Waals surface area (Å²) in [7, 11) is 0. The summed E-state index contributed by atoms with van der Waals surface area (Å²) < 4.78 is 3.34. The van der Waals surface area contributed by atoms with Gasteiger partial charge in [0.1, 0.15) is 18.7 Å². The molecule has 7 nitrogen and oxygen atoms in total. The minimum Gasteiger partial charge on any atom is -0.312 e. The van der Waals surface area contributed by atoms with Gasteiger partial charge < -0.3 is 5.32 Å². The molecule has 0 radical (unpaired) electrons. The third-order valence-electron chi connectivity index (χ3n) is 3.54. The molecule has 21 heavy (non-hydrogen) atoms. The first kappa shape index (κ1) is 13.9. The number of hydrogen-bond acceptors (Lipinski definition) is 5. The summed E-state index contributed by atoms with van der Waals surface area (Å²) in [5, 5.41) is 12.0. The second-order valence-electron chi connectivity index (χ2n) is 5.79. The van der Waals surface area contributed by atoms with Gasteiger partial charge in [-0.15, -0.1) is 0 Å². The van der Waals surface area contributed by atoms with Gasteiger partial charge in [-0.3, -0.25) is 4.79 Å². The van der Waals surface area contributed by atoms with E-state index in [1.165, 1.54) is 11.0 Å². The predicted octanol–water partition coefficient (Wildman–Crippen LogP) is 0.185. The van der Waals surface area contributed by atoms with E-state index in [9.17, 15) is 4.79 Å². The Labute approximate surface area is 123 Å². The zero-order chi connectivity index (χ0) is 14.8. The molecule has 0 fully saturated rings. The largest absolute Gasteiger partial charge is 0.312 e. The highest BCUT2D eigenvalue weighted by atomic mass is 16.1. The number of hydrogen-bond donors (Lipinski definition) is 1. The lowest BCUT2D eigenvalue weighted by Crippen LogP contribution is -2.32. The highest BCUT2D eigenvalue weighted by Crippen LogP contribution is 2.08. The Morgan fingerprint density at radius 2 is 2.24 bits per heavy atom. The molecular weight excluding hydrogens is 268 g/mol. The standard InChI is InChI=1S/C14H20N6O/c1-10(2)7-19-13(16-9-17-19)8-20-14(21)5-11-6-15-4-3-12(11)18-20/h5,9-10,15H,3-4,6-8H2,1-2H3. The molecule has 0 amide bonds.